The molecule has 38 heavy (non-hydrogen) atoms. The van der Waals surface area contributed by atoms with Crippen molar-refractivity contribution in [2.45, 2.75) is 46.0 Å². The van der Waals surface area contributed by atoms with Crippen molar-refractivity contribution in [2.75, 3.05) is 0 Å². The lowest BCUT2D eigenvalue weighted by molar-refractivity contribution is 0.660. The molecular formula is C37H33N. The zero-order chi connectivity index (χ0) is 26.0. The van der Waals surface area contributed by atoms with Gasteiger partial charge in [-0.25, -0.2) is 0 Å². The minimum Gasteiger partial charge on any atom is -0.309 e. The van der Waals surface area contributed by atoms with Gasteiger partial charge in [0.05, 0.1) is 11.0 Å². The van der Waals surface area contributed by atoms with Crippen molar-refractivity contribution in [3.63, 3.8) is 0 Å². The van der Waals surface area contributed by atoms with Crippen molar-refractivity contribution < 1.29 is 0 Å². The molecule has 0 amide bonds. The molecule has 0 saturated carbocycles. The van der Waals surface area contributed by atoms with Crippen LogP contribution in [0.15, 0.2) is 103 Å². The number of hydrogen-bond acceptors (Lipinski definition) is 0. The summed E-state index contributed by atoms with van der Waals surface area (Å²) in [7, 11) is 0. The Morgan fingerprint density at radius 2 is 1.21 bits per heavy atom. The van der Waals surface area contributed by atoms with Crippen LogP contribution in [0.4, 0.5) is 0 Å². The van der Waals surface area contributed by atoms with Gasteiger partial charge < -0.3 is 4.57 Å². The Balaban J connectivity index is 1.52. The average Bonchev–Trinajstić information content (AvgIpc) is 3.40. The predicted octanol–water partition coefficient (Wildman–Crippen LogP) is 9.88. The van der Waals surface area contributed by atoms with Crippen molar-refractivity contribution in [3.05, 3.63) is 125 Å². The number of hydrogen-bond donors (Lipinski definition) is 0. The molecule has 1 heteroatoms. The van der Waals surface area contributed by atoms with Crippen LogP contribution >= 0.6 is 0 Å². The number of fused-ring (bicyclic) bond motifs is 6. The van der Waals surface area contributed by atoms with E-state index in [4.69, 9.17) is 0 Å². The molecule has 0 unspecified atom stereocenters. The first kappa shape index (κ1) is 23.0. The number of rotatable bonds is 4. The van der Waals surface area contributed by atoms with Crippen LogP contribution in [0.2, 0.25) is 0 Å². The highest BCUT2D eigenvalue weighted by Gasteiger charge is 2.35. The molecule has 0 fully saturated rings. The first-order valence-electron chi connectivity index (χ1n) is 13.9. The average molecular weight is 492 g/mol. The molecule has 1 heterocycles. The van der Waals surface area contributed by atoms with Crippen LogP contribution in [-0.2, 0) is 18.3 Å². The normalized spacial score (nSPS) is 13.7. The predicted molar refractivity (Wildman–Crippen MR) is 163 cm³/mol. The third-order valence-electron chi connectivity index (χ3n) is 8.79. The van der Waals surface area contributed by atoms with E-state index in [9.17, 15) is 0 Å². The smallest absolute Gasteiger partial charge is 0.0544 e. The maximum Gasteiger partial charge on any atom is 0.0544 e. The number of aryl methyl sites for hydroxylation is 2. The van der Waals surface area contributed by atoms with E-state index in [2.05, 4.69) is 135 Å². The van der Waals surface area contributed by atoms with E-state index in [-0.39, 0.29) is 5.41 Å². The number of benzene rings is 5. The van der Waals surface area contributed by atoms with Gasteiger partial charge in [0.25, 0.3) is 0 Å². The molecular weight excluding hydrogens is 458 g/mol. The molecule has 5 aromatic carbocycles. The van der Waals surface area contributed by atoms with E-state index in [0.717, 1.165) is 12.8 Å². The summed E-state index contributed by atoms with van der Waals surface area (Å²) in [5.41, 5.74) is 14.9. The lowest BCUT2D eigenvalue weighted by Gasteiger charge is -2.21. The molecule has 0 bridgehead atoms. The van der Waals surface area contributed by atoms with Crippen LogP contribution < -0.4 is 0 Å². The maximum atomic E-state index is 2.48. The minimum absolute atomic E-state index is 0.0161. The van der Waals surface area contributed by atoms with E-state index in [0.29, 0.717) is 0 Å². The van der Waals surface area contributed by atoms with Crippen molar-refractivity contribution in [1.29, 1.82) is 0 Å². The Morgan fingerprint density at radius 1 is 0.526 bits per heavy atom. The molecule has 186 valence electrons. The summed E-state index contributed by atoms with van der Waals surface area (Å²) in [4.78, 5) is 0. The van der Waals surface area contributed by atoms with E-state index in [1.165, 1.54) is 72.0 Å². The highest BCUT2D eigenvalue weighted by atomic mass is 15.0. The van der Waals surface area contributed by atoms with Crippen LogP contribution in [0.1, 0.15) is 49.9 Å². The Morgan fingerprint density at radius 3 is 2.03 bits per heavy atom. The second kappa shape index (κ2) is 8.46. The molecule has 1 aromatic heterocycles. The number of para-hydroxylation sites is 1. The fourth-order valence-corrected chi connectivity index (χ4v) is 6.82. The highest BCUT2D eigenvalue weighted by Crippen LogP contribution is 2.49. The van der Waals surface area contributed by atoms with Crippen molar-refractivity contribution in [1.82, 2.24) is 4.57 Å². The summed E-state index contributed by atoms with van der Waals surface area (Å²) in [6, 6.07) is 38.7. The third kappa shape index (κ3) is 3.18. The van der Waals surface area contributed by atoms with Gasteiger partial charge in [-0.3, -0.25) is 0 Å². The first-order valence-corrected chi connectivity index (χ1v) is 13.9. The summed E-state index contributed by atoms with van der Waals surface area (Å²) in [6.45, 7) is 9.23. The first-order chi connectivity index (χ1) is 18.5. The molecule has 1 nitrogen and oxygen atoms in total. The van der Waals surface area contributed by atoms with Crippen LogP contribution in [0.5, 0.6) is 0 Å². The SMILES string of the molecule is CCc1ccccc1-c1cc2c3ccccc3n(-c3ccc4c(c3)-c3ccccc3C4(C)C)c2cc1CC. The lowest BCUT2D eigenvalue weighted by Crippen LogP contribution is -2.14. The lowest BCUT2D eigenvalue weighted by atomic mass is 9.82. The van der Waals surface area contributed by atoms with Crippen LogP contribution in [0.25, 0.3) is 49.7 Å². The topological polar surface area (TPSA) is 4.93 Å². The second-order valence-corrected chi connectivity index (χ2v) is 11.1. The van der Waals surface area contributed by atoms with Crippen LogP contribution in [0, 0.1) is 0 Å². The van der Waals surface area contributed by atoms with E-state index in [1.54, 1.807) is 0 Å². The van der Waals surface area contributed by atoms with Gasteiger partial charge in [0, 0.05) is 21.9 Å². The molecule has 1 aliphatic carbocycles. The fourth-order valence-electron chi connectivity index (χ4n) is 6.82. The second-order valence-electron chi connectivity index (χ2n) is 11.1. The number of aromatic nitrogens is 1. The molecule has 0 N–H and O–H groups in total. The van der Waals surface area contributed by atoms with E-state index < -0.39 is 0 Å². The van der Waals surface area contributed by atoms with Gasteiger partial charge in [0.2, 0.25) is 0 Å². The molecule has 7 rings (SSSR count). The maximum absolute atomic E-state index is 2.48. The zero-order valence-electron chi connectivity index (χ0n) is 22.7. The molecule has 0 atom stereocenters. The minimum atomic E-state index is 0.0161. The van der Waals surface area contributed by atoms with Crippen molar-refractivity contribution in [2.24, 2.45) is 0 Å². The molecule has 0 radical (unpaired) electrons. The van der Waals surface area contributed by atoms with Gasteiger partial charge in [-0.15, -0.1) is 0 Å². The third-order valence-corrected chi connectivity index (χ3v) is 8.79. The quantitative estimate of drug-likeness (QED) is 0.231. The zero-order valence-corrected chi connectivity index (χ0v) is 22.7. The van der Waals surface area contributed by atoms with Gasteiger partial charge in [-0.2, -0.15) is 0 Å². The van der Waals surface area contributed by atoms with Gasteiger partial charge in [-0.1, -0.05) is 100 Å². The molecule has 1 aliphatic rings. The largest absolute Gasteiger partial charge is 0.309 e. The van der Waals surface area contributed by atoms with Crippen molar-refractivity contribution in [3.8, 4) is 27.9 Å². The Kier molecular flexibility index (Phi) is 5.13. The van der Waals surface area contributed by atoms with Gasteiger partial charge in [-0.05, 0) is 87.7 Å². The molecule has 0 spiro atoms. The van der Waals surface area contributed by atoms with E-state index in [1.807, 2.05) is 0 Å². The van der Waals surface area contributed by atoms with Crippen LogP contribution in [0.3, 0.4) is 0 Å². The Hall–Kier alpha value is -4.10. The van der Waals surface area contributed by atoms with Crippen molar-refractivity contribution >= 4 is 21.8 Å². The van der Waals surface area contributed by atoms with Crippen LogP contribution in [-0.4, -0.2) is 4.57 Å². The fraction of sp³-hybridized carbons (Fsp3) is 0.189. The summed E-state index contributed by atoms with van der Waals surface area (Å²) in [5, 5.41) is 2.63. The summed E-state index contributed by atoms with van der Waals surface area (Å²) in [5.74, 6) is 0. The summed E-state index contributed by atoms with van der Waals surface area (Å²) < 4.78 is 2.48. The highest BCUT2D eigenvalue weighted by molar-refractivity contribution is 6.11. The monoisotopic (exact) mass is 491 g/mol. The molecule has 0 saturated heterocycles. The van der Waals surface area contributed by atoms with Gasteiger partial charge >= 0.3 is 0 Å². The van der Waals surface area contributed by atoms with Gasteiger partial charge in [0.15, 0.2) is 0 Å². The molecule has 6 aromatic rings. The Labute approximate surface area is 225 Å². The number of nitrogens with zero attached hydrogens (tertiary/aromatic N) is 1. The van der Waals surface area contributed by atoms with Gasteiger partial charge in [0.1, 0.15) is 0 Å². The standard InChI is InChI=1S/C37H33N/c1-5-24-13-7-8-14-27(24)30-23-32-29-16-10-12-18-35(29)38(36(32)21-25(30)6-2)26-19-20-34-31(22-26)28-15-9-11-17-33(28)37(34,3)4/h7-23H,5-6H2,1-4H3. The summed E-state index contributed by atoms with van der Waals surface area (Å²) in [6.07, 6.45) is 2.03. The molecule has 0 aliphatic heterocycles. The summed E-state index contributed by atoms with van der Waals surface area (Å²) >= 11 is 0. The van der Waals surface area contributed by atoms with E-state index >= 15 is 0 Å². The Bertz CT molecular complexity index is 1860.